The van der Waals surface area contributed by atoms with Gasteiger partial charge in [-0.15, -0.1) is 12.4 Å². The lowest BCUT2D eigenvalue weighted by atomic mass is 9.97. The standard InChI is InChI=1S/C26H26F3NO3.ClH/c1-32-24-14-19-6-7-20(12-21(19)15-25(24)33-2)23(31)16-30-10-8-17(9-11-30)18-4-3-5-22(13-18)26(27,28)29;/h3-8,12-15,23,31H,9-11,16H2,1-2H3;1H. The van der Waals surface area contributed by atoms with Crippen LogP contribution in [-0.2, 0) is 6.18 Å². The molecule has 4 nitrogen and oxygen atoms in total. The number of hydrogen-bond acceptors (Lipinski definition) is 4. The van der Waals surface area contributed by atoms with Gasteiger partial charge >= 0.3 is 6.18 Å². The summed E-state index contributed by atoms with van der Waals surface area (Å²) < 4.78 is 49.8. The van der Waals surface area contributed by atoms with Gasteiger partial charge in [-0.05, 0) is 64.2 Å². The highest BCUT2D eigenvalue weighted by molar-refractivity contribution is 5.87. The number of fused-ring (bicyclic) bond motifs is 1. The second-order valence-electron chi connectivity index (χ2n) is 8.15. The van der Waals surface area contributed by atoms with Crippen molar-refractivity contribution < 1.29 is 27.8 Å². The maximum atomic E-state index is 13.0. The van der Waals surface area contributed by atoms with Gasteiger partial charge in [0.2, 0.25) is 0 Å². The maximum absolute atomic E-state index is 13.0. The molecule has 0 radical (unpaired) electrons. The Morgan fingerprint density at radius 2 is 1.68 bits per heavy atom. The van der Waals surface area contributed by atoms with E-state index in [1.165, 1.54) is 12.1 Å². The Morgan fingerprint density at radius 1 is 0.971 bits per heavy atom. The van der Waals surface area contributed by atoms with Crippen molar-refractivity contribution in [2.45, 2.75) is 18.7 Å². The molecule has 0 bridgehead atoms. The van der Waals surface area contributed by atoms with Crippen LogP contribution in [0.25, 0.3) is 16.3 Å². The van der Waals surface area contributed by atoms with Gasteiger partial charge in [0.1, 0.15) is 0 Å². The minimum atomic E-state index is -4.35. The number of ether oxygens (including phenoxy) is 2. The molecule has 1 aliphatic heterocycles. The number of aliphatic hydroxyl groups excluding tert-OH is 1. The number of alkyl halides is 3. The van der Waals surface area contributed by atoms with Gasteiger partial charge in [-0.3, -0.25) is 4.90 Å². The van der Waals surface area contributed by atoms with Crippen LogP contribution in [0.2, 0.25) is 0 Å². The summed E-state index contributed by atoms with van der Waals surface area (Å²) in [6.07, 6.45) is -2.46. The molecule has 0 spiro atoms. The van der Waals surface area contributed by atoms with Crippen molar-refractivity contribution in [1.82, 2.24) is 4.90 Å². The van der Waals surface area contributed by atoms with Gasteiger partial charge in [-0.1, -0.05) is 30.3 Å². The van der Waals surface area contributed by atoms with Gasteiger partial charge < -0.3 is 14.6 Å². The molecule has 182 valence electrons. The molecule has 1 atom stereocenters. The zero-order chi connectivity index (χ0) is 23.6. The number of benzene rings is 3. The number of rotatable bonds is 6. The highest BCUT2D eigenvalue weighted by Crippen LogP contribution is 2.34. The number of methoxy groups -OCH3 is 2. The van der Waals surface area contributed by atoms with Crippen LogP contribution in [0, 0.1) is 0 Å². The number of β-amino-alcohol motifs (C(OH)–C–C–N with tert-alkyl or cyclic N) is 1. The van der Waals surface area contributed by atoms with E-state index < -0.39 is 17.8 Å². The van der Waals surface area contributed by atoms with Gasteiger partial charge in [0, 0.05) is 19.6 Å². The normalized spacial score (nSPS) is 15.4. The average molecular weight is 494 g/mol. The Labute approximate surface area is 203 Å². The first-order chi connectivity index (χ1) is 15.8. The van der Waals surface area contributed by atoms with E-state index in [1.807, 2.05) is 36.4 Å². The molecular formula is C26H27ClF3NO3. The predicted molar refractivity (Wildman–Crippen MR) is 130 cm³/mol. The monoisotopic (exact) mass is 493 g/mol. The third-order valence-corrected chi connectivity index (χ3v) is 6.04. The molecule has 3 aromatic rings. The van der Waals surface area contributed by atoms with Gasteiger partial charge in [0.15, 0.2) is 11.5 Å². The zero-order valence-electron chi connectivity index (χ0n) is 18.9. The van der Waals surface area contributed by atoms with Crippen LogP contribution in [0.5, 0.6) is 11.5 Å². The number of halogens is 4. The SMILES string of the molecule is COc1cc2ccc(C(O)CN3CC=C(c4cccc(C(F)(F)F)c4)CC3)cc2cc1OC.Cl. The Hall–Kier alpha value is -2.74. The summed E-state index contributed by atoms with van der Waals surface area (Å²) in [5.74, 6) is 1.27. The fourth-order valence-electron chi connectivity index (χ4n) is 4.19. The van der Waals surface area contributed by atoms with Crippen LogP contribution < -0.4 is 9.47 Å². The molecule has 3 aromatic carbocycles. The molecule has 8 heteroatoms. The largest absolute Gasteiger partial charge is 0.493 e. The Kier molecular flexibility index (Phi) is 8.13. The third-order valence-electron chi connectivity index (χ3n) is 6.04. The summed E-state index contributed by atoms with van der Waals surface area (Å²) >= 11 is 0. The van der Waals surface area contributed by atoms with E-state index in [0.717, 1.165) is 28.0 Å². The summed E-state index contributed by atoms with van der Waals surface area (Å²) in [7, 11) is 3.17. The molecule has 0 aromatic heterocycles. The second kappa shape index (κ2) is 10.7. The lowest BCUT2D eigenvalue weighted by Crippen LogP contribution is -2.32. The van der Waals surface area contributed by atoms with E-state index in [0.29, 0.717) is 43.1 Å². The van der Waals surface area contributed by atoms with Crippen molar-refractivity contribution in [3.05, 3.63) is 77.4 Å². The van der Waals surface area contributed by atoms with E-state index in [2.05, 4.69) is 4.90 Å². The van der Waals surface area contributed by atoms with Crippen molar-refractivity contribution in [3.8, 4) is 11.5 Å². The minimum Gasteiger partial charge on any atom is -0.493 e. The Morgan fingerprint density at radius 3 is 2.29 bits per heavy atom. The Bertz CT molecular complexity index is 1180. The molecule has 1 N–H and O–H groups in total. The van der Waals surface area contributed by atoms with Gasteiger partial charge in [-0.2, -0.15) is 13.2 Å². The zero-order valence-corrected chi connectivity index (χ0v) is 19.7. The summed E-state index contributed by atoms with van der Waals surface area (Å²) in [4.78, 5) is 2.10. The molecule has 0 saturated carbocycles. The summed E-state index contributed by atoms with van der Waals surface area (Å²) in [5.41, 5.74) is 1.66. The second-order valence-corrected chi connectivity index (χ2v) is 8.15. The molecule has 1 heterocycles. The minimum absolute atomic E-state index is 0. The third kappa shape index (κ3) is 5.66. The van der Waals surface area contributed by atoms with E-state index in [4.69, 9.17) is 9.47 Å². The van der Waals surface area contributed by atoms with Crippen LogP contribution in [0.15, 0.2) is 60.7 Å². The van der Waals surface area contributed by atoms with Crippen molar-refractivity contribution in [3.63, 3.8) is 0 Å². The predicted octanol–water partition coefficient (Wildman–Crippen LogP) is 6.12. The summed E-state index contributed by atoms with van der Waals surface area (Å²) in [5, 5.41) is 12.7. The first-order valence-electron chi connectivity index (χ1n) is 10.7. The first-order valence-corrected chi connectivity index (χ1v) is 10.7. The smallest absolute Gasteiger partial charge is 0.416 e. The van der Waals surface area contributed by atoms with Crippen LogP contribution >= 0.6 is 12.4 Å². The lowest BCUT2D eigenvalue weighted by molar-refractivity contribution is -0.137. The fraction of sp³-hybridized carbons (Fsp3) is 0.308. The molecule has 1 aliphatic rings. The first kappa shape index (κ1) is 25.9. The molecule has 34 heavy (non-hydrogen) atoms. The van der Waals surface area contributed by atoms with E-state index in [-0.39, 0.29) is 12.4 Å². The quantitative estimate of drug-likeness (QED) is 0.449. The van der Waals surface area contributed by atoms with E-state index in [1.54, 1.807) is 20.3 Å². The number of aliphatic hydroxyl groups is 1. The average Bonchev–Trinajstić information content (AvgIpc) is 2.82. The fourth-order valence-corrected chi connectivity index (χ4v) is 4.19. The van der Waals surface area contributed by atoms with Crippen molar-refractivity contribution in [2.24, 2.45) is 0 Å². The topological polar surface area (TPSA) is 41.9 Å². The molecule has 0 amide bonds. The highest BCUT2D eigenvalue weighted by Gasteiger charge is 2.30. The van der Waals surface area contributed by atoms with Crippen LogP contribution in [0.1, 0.15) is 29.2 Å². The summed E-state index contributed by atoms with van der Waals surface area (Å²) in [6, 6.07) is 15.0. The maximum Gasteiger partial charge on any atom is 0.416 e. The van der Waals surface area contributed by atoms with E-state index in [9.17, 15) is 18.3 Å². The molecule has 1 unspecified atom stereocenters. The van der Waals surface area contributed by atoms with Crippen molar-refractivity contribution in [2.75, 3.05) is 33.9 Å². The molecule has 0 aliphatic carbocycles. The molecule has 4 rings (SSSR count). The van der Waals surface area contributed by atoms with Crippen LogP contribution in [0.4, 0.5) is 13.2 Å². The van der Waals surface area contributed by atoms with Gasteiger partial charge in [0.05, 0.1) is 25.9 Å². The van der Waals surface area contributed by atoms with Crippen molar-refractivity contribution >= 4 is 28.8 Å². The highest BCUT2D eigenvalue weighted by atomic mass is 35.5. The van der Waals surface area contributed by atoms with Gasteiger partial charge in [-0.25, -0.2) is 0 Å². The lowest BCUT2D eigenvalue weighted by Gasteiger charge is -2.28. The molecule has 0 saturated heterocycles. The molecule has 0 fully saturated rings. The number of hydrogen-bond donors (Lipinski definition) is 1. The van der Waals surface area contributed by atoms with E-state index >= 15 is 0 Å². The summed E-state index contributed by atoms with van der Waals surface area (Å²) in [6.45, 7) is 1.67. The molecular weight excluding hydrogens is 467 g/mol. The van der Waals surface area contributed by atoms with Crippen LogP contribution in [-0.4, -0.2) is 43.9 Å². The Balaban J connectivity index is 0.00000324. The van der Waals surface area contributed by atoms with Crippen LogP contribution in [0.3, 0.4) is 0 Å². The van der Waals surface area contributed by atoms with Crippen molar-refractivity contribution in [1.29, 1.82) is 0 Å². The number of nitrogens with zero attached hydrogens (tertiary/aromatic N) is 1. The van der Waals surface area contributed by atoms with Gasteiger partial charge in [0.25, 0.3) is 0 Å².